The van der Waals surface area contributed by atoms with Crippen molar-refractivity contribution in [2.75, 3.05) is 0 Å². The van der Waals surface area contributed by atoms with E-state index in [1.807, 2.05) is 0 Å². The van der Waals surface area contributed by atoms with E-state index < -0.39 is 0 Å². The van der Waals surface area contributed by atoms with Crippen LogP contribution in [-0.4, -0.2) is 0 Å². The van der Waals surface area contributed by atoms with E-state index in [1.54, 1.807) is 0 Å². The maximum absolute atomic E-state index is 3.85. The molecule has 0 spiro atoms. The Labute approximate surface area is 94.9 Å². The predicted molar refractivity (Wildman–Crippen MR) is 66.7 cm³/mol. The fraction of sp³-hybridized carbons (Fsp3) is 0.417. The van der Waals surface area contributed by atoms with Gasteiger partial charge in [-0.15, -0.1) is 0 Å². The van der Waals surface area contributed by atoms with Crippen molar-refractivity contribution in [1.82, 2.24) is 0 Å². The number of aryl methyl sites for hydroxylation is 1. The molecule has 0 aliphatic rings. The van der Waals surface area contributed by atoms with Gasteiger partial charge < -0.3 is 0 Å². The van der Waals surface area contributed by atoms with Crippen LogP contribution >= 0.6 is 22.6 Å². The second-order valence-corrected chi connectivity index (χ2v) is 4.42. The monoisotopic (exact) mass is 287 g/mol. The molecule has 1 aromatic carbocycles. The summed E-state index contributed by atoms with van der Waals surface area (Å²) in [6.45, 7) is 3.85. The molecule has 0 nitrogen and oxygen atoms in total. The lowest BCUT2D eigenvalue weighted by molar-refractivity contribution is 0.685. The van der Waals surface area contributed by atoms with Gasteiger partial charge in [-0.2, -0.15) is 0 Å². The minimum atomic E-state index is 1.08. The number of halogens is 1. The van der Waals surface area contributed by atoms with Crippen molar-refractivity contribution in [2.24, 2.45) is 0 Å². The standard InChI is InChI=1S/C12H16I/c1-2-3-4-5-8-11-9-6-7-10-12(11)13/h6-7,9-10H,1-5,8H2. The van der Waals surface area contributed by atoms with Crippen molar-refractivity contribution >= 4 is 22.6 Å². The van der Waals surface area contributed by atoms with Crippen molar-refractivity contribution in [3.05, 3.63) is 40.3 Å². The van der Waals surface area contributed by atoms with Gasteiger partial charge in [-0.25, -0.2) is 0 Å². The third-order valence-corrected chi connectivity index (χ3v) is 3.21. The summed E-state index contributed by atoms with van der Waals surface area (Å²) in [6.07, 6.45) is 6.18. The Bertz CT molecular complexity index is 243. The topological polar surface area (TPSA) is 0 Å². The van der Waals surface area contributed by atoms with E-state index >= 15 is 0 Å². The van der Waals surface area contributed by atoms with Crippen LogP contribution in [0.25, 0.3) is 0 Å². The van der Waals surface area contributed by atoms with Crippen LogP contribution in [0.1, 0.15) is 31.2 Å². The Hall–Kier alpha value is -0.0500. The highest BCUT2D eigenvalue weighted by molar-refractivity contribution is 14.1. The van der Waals surface area contributed by atoms with Crippen LogP contribution in [0, 0.1) is 10.5 Å². The molecule has 1 rings (SSSR count). The smallest absolute Gasteiger partial charge is 0.0162 e. The molecule has 0 saturated carbocycles. The van der Waals surface area contributed by atoms with Gasteiger partial charge in [-0.3, -0.25) is 0 Å². The van der Waals surface area contributed by atoms with Crippen molar-refractivity contribution in [2.45, 2.75) is 32.1 Å². The number of benzene rings is 1. The van der Waals surface area contributed by atoms with Crippen molar-refractivity contribution < 1.29 is 0 Å². The van der Waals surface area contributed by atoms with Gasteiger partial charge >= 0.3 is 0 Å². The average Bonchev–Trinajstić information content (AvgIpc) is 2.15. The van der Waals surface area contributed by atoms with Crippen LogP contribution in [0.5, 0.6) is 0 Å². The van der Waals surface area contributed by atoms with Gasteiger partial charge in [0.25, 0.3) is 0 Å². The highest BCUT2D eigenvalue weighted by atomic mass is 127. The molecule has 71 valence electrons. The molecule has 0 bridgehead atoms. The van der Waals surface area contributed by atoms with Crippen LogP contribution in [0.3, 0.4) is 0 Å². The second kappa shape index (κ2) is 6.41. The molecule has 0 amide bonds. The number of rotatable bonds is 5. The van der Waals surface area contributed by atoms with Crippen molar-refractivity contribution in [3.8, 4) is 0 Å². The molecule has 0 unspecified atom stereocenters. The summed E-state index contributed by atoms with van der Waals surface area (Å²) in [5.74, 6) is 0. The van der Waals surface area contributed by atoms with Crippen LogP contribution in [0.4, 0.5) is 0 Å². The molecule has 0 atom stereocenters. The third kappa shape index (κ3) is 4.12. The Morgan fingerprint density at radius 2 is 1.85 bits per heavy atom. The fourth-order valence-corrected chi connectivity index (χ4v) is 2.03. The van der Waals surface area contributed by atoms with E-state index in [1.165, 1.54) is 34.8 Å². The summed E-state index contributed by atoms with van der Waals surface area (Å²) < 4.78 is 1.40. The fourth-order valence-electron chi connectivity index (χ4n) is 1.37. The van der Waals surface area contributed by atoms with Crippen LogP contribution < -0.4 is 0 Å². The van der Waals surface area contributed by atoms with Crippen LogP contribution in [-0.2, 0) is 6.42 Å². The SMILES string of the molecule is [CH2]CCCCCc1ccccc1I. The molecule has 0 aliphatic heterocycles. The van der Waals surface area contributed by atoms with Gasteiger partial charge in [0, 0.05) is 3.57 Å². The summed E-state index contributed by atoms with van der Waals surface area (Å²) in [5, 5.41) is 0. The van der Waals surface area contributed by atoms with Crippen LogP contribution in [0.2, 0.25) is 0 Å². The van der Waals surface area contributed by atoms with E-state index in [2.05, 4.69) is 53.8 Å². The number of unbranched alkanes of at least 4 members (excludes halogenated alkanes) is 3. The Morgan fingerprint density at radius 1 is 1.08 bits per heavy atom. The predicted octanol–water partition coefficient (Wildman–Crippen LogP) is 4.23. The molecule has 0 aliphatic carbocycles. The normalized spacial score (nSPS) is 10.3. The maximum Gasteiger partial charge on any atom is 0.0162 e. The molecule has 0 heterocycles. The van der Waals surface area contributed by atoms with Crippen molar-refractivity contribution in [1.29, 1.82) is 0 Å². The first kappa shape index (κ1) is 11.0. The summed E-state index contributed by atoms with van der Waals surface area (Å²) in [6, 6.07) is 8.63. The average molecular weight is 287 g/mol. The first-order valence-corrected chi connectivity index (χ1v) is 5.95. The molecular weight excluding hydrogens is 271 g/mol. The molecule has 0 fully saturated rings. The molecule has 13 heavy (non-hydrogen) atoms. The van der Waals surface area contributed by atoms with E-state index in [9.17, 15) is 0 Å². The Morgan fingerprint density at radius 3 is 2.54 bits per heavy atom. The first-order valence-electron chi connectivity index (χ1n) is 4.87. The second-order valence-electron chi connectivity index (χ2n) is 3.26. The summed E-state index contributed by atoms with van der Waals surface area (Å²) in [4.78, 5) is 0. The zero-order valence-corrected chi connectivity index (χ0v) is 10.1. The molecular formula is C12H16I. The summed E-state index contributed by atoms with van der Waals surface area (Å²) >= 11 is 2.41. The lowest BCUT2D eigenvalue weighted by Gasteiger charge is -2.03. The van der Waals surface area contributed by atoms with Crippen LogP contribution in [0.15, 0.2) is 24.3 Å². The first-order chi connectivity index (χ1) is 6.34. The largest absolute Gasteiger partial charge is 0.0619 e. The summed E-state index contributed by atoms with van der Waals surface area (Å²) in [5.41, 5.74) is 1.49. The maximum atomic E-state index is 3.85. The number of hydrogen-bond acceptors (Lipinski definition) is 0. The van der Waals surface area contributed by atoms with Crippen molar-refractivity contribution in [3.63, 3.8) is 0 Å². The lowest BCUT2D eigenvalue weighted by Crippen LogP contribution is -1.88. The van der Waals surface area contributed by atoms with E-state index in [0.717, 1.165) is 6.42 Å². The minimum Gasteiger partial charge on any atom is -0.0619 e. The van der Waals surface area contributed by atoms with E-state index in [4.69, 9.17) is 0 Å². The highest BCUT2D eigenvalue weighted by Crippen LogP contribution is 2.14. The van der Waals surface area contributed by atoms with Gasteiger partial charge in [0.1, 0.15) is 0 Å². The van der Waals surface area contributed by atoms with Gasteiger partial charge in [-0.05, 0) is 47.1 Å². The van der Waals surface area contributed by atoms with Gasteiger partial charge in [0.2, 0.25) is 0 Å². The highest BCUT2D eigenvalue weighted by Gasteiger charge is 1.97. The molecule has 1 heteroatoms. The molecule has 0 N–H and O–H groups in total. The zero-order chi connectivity index (χ0) is 9.52. The Balaban J connectivity index is 2.32. The third-order valence-electron chi connectivity index (χ3n) is 2.15. The molecule has 0 saturated heterocycles. The quantitative estimate of drug-likeness (QED) is 0.561. The molecule has 1 radical (unpaired) electrons. The minimum absolute atomic E-state index is 1.08. The van der Waals surface area contributed by atoms with E-state index in [-0.39, 0.29) is 0 Å². The molecule has 1 aromatic rings. The molecule has 0 aromatic heterocycles. The zero-order valence-electron chi connectivity index (χ0n) is 7.93. The van der Waals surface area contributed by atoms with E-state index in [0.29, 0.717) is 0 Å². The van der Waals surface area contributed by atoms with Gasteiger partial charge in [0.15, 0.2) is 0 Å². The summed E-state index contributed by atoms with van der Waals surface area (Å²) in [7, 11) is 0. The Kier molecular flexibility index (Phi) is 5.44. The van der Waals surface area contributed by atoms with Gasteiger partial charge in [-0.1, -0.05) is 44.4 Å². The van der Waals surface area contributed by atoms with Gasteiger partial charge in [0.05, 0.1) is 0 Å². The lowest BCUT2D eigenvalue weighted by atomic mass is 10.1. The number of hydrogen-bond donors (Lipinski definition) is 0.